The third kappa shape index (κ3) is 1.79. The molecule has 4 heteroatoms. The van der Waals surface area contributed by atoms with Crippen LogP contribution in [0.4, 0.5) is 5.69 Å². The number of hydrogen-bond acceptors (Lipinski definition) is 3. The number of anilines is 1. The van der Waals surface area contributed by atoms with E-state index in [1.807, 2.05) is 30.0 Å². The maximum absolute atomic E-state index is 12.3. The Kier molecular flexibility index (Phi) is 2.63. The first kappa shape index (κ1) is 11.0. The molecule has 0 bridgehead atoms. The van der Waals surface area contributed by atoms with Gasteiger partial charge < -0.3 is 9.32 Å². The number of aryl methyl sites for hydroxylation is 1. The van der Waals surface area contributed by atoms with Gasteiger partial charge in [-0.05, 0) is 25.0 Å². The minimum atomic E-state index is 0.0693. The fourth-order valence-electron chi connectivity index (χ4n) is 2.33. The Balaban J connectivity index is 1.81. The first-order valence-corrected chi connectivity index (χ1v) is 6.03. The highest BCUT2D eigenvalue weighted by molar-refractivity contribution is 5.96. The zero-order chi connectivity index (χ0) is 12.5. The number of para-hydroxylation sites is 1. The van der Waals surface area contributed by atoms with Gasteiger partial charge in [-0.1, -0.05) is 18.2 Å². The molecule has 0 saturated heterocycles. The third-order valence-electron chi connectivity index (χ3n) is 3.34. The van der Waals surface area contributed by atoms with Crippen molar-refractivity contribution >= 4 is 11.6 Å². The Hall–Kier alpha value is -2.10. The third-order valence-corrected chi connectivity index (χ3v) is 3.34. The highest BCUT2D eigenvalue weighted by atomic mass is 16.3. The van der Waals surface area contributed by atoms with Crippen LogP contribution in [-0.2, 0) is 17.6 Å². The number of nitrogens with zero attached hydrogens (tertiary/aromatic N) is 2. The molecule has 1 amide bonds. The lowest BCUT2D eigenvalue weighted by molar-refractivity contribution is -0.118. The van der Waals surface area contributed by atoms with E-state index in [1.54, 1.807) is 0 Å². The Morgan fingerprint density at radius 1 is 1.44 bits per heavy atom. The van der Waals surface area contributed by atoms with Crippen molar-refractivity contribution in [3.05, 3.63) is 47.7 Å². The molecule has 1 aliphatic rings. The number of rotatable bonds is 2. The van der Waals surface area contributed by atoms with Gasteiger partial charge >= 0.3 is 0 Å². The quantitative estimate of drug-likeness (QED) is 0.810. The lowest BCUT2D eigenvalue weighted by Crippen LogP contribution is -2.30. The molecule has 0 N–H and O–H groups in total. The van der Waals surface area contributed by atoms with Crippen LogP contribution in [0.3, 0.4) is 0 Å². The zero-order valence-electron chi connectivity index (χ0n) is 10.2. The zero-order valence-corrected chi connectivity index (χ0v) is 10.2. The molecule has 3 rings (SSSR count). The Morgan fingerprint density at radius 3 is 3.06 bits per heavy atom. The van der Waals surface area contributed by atoms with Gasteiger partial charge in [0.2, 0.25) is 5.91 Å². The van der Waals surface area contributed by atoms with Crippen molar-refractivity contribution in [3.8, 4) is 0 Å². The van der Waals surface area contributed by atoms with Crippen LogP contribution in [0, 0.1) is 6.92 Å². The van der Waals surface area contributed by atoms with Gasteiger partial charge in [-0.25, -0.2) is 4.98 Å². The average Bonchev–Trinajstić information content (AvgIpc) is 2.96. The van der Waals surface area contributed by atoms with Gasteiger partial charge in [0.1, 0.15) is 5.76 Å². The summed E-state index contributed by atoms with van der Waals surface area (Å²) in [6, 6.07) is 8.04. The smallest absolute Gasteiger partial charge is 0.234 e. The fraction of sp³-hybridized carbons (Fsp3) is 0.286. The molecule has 0 fully saturated rings. The lowest BCUT2D eigenvalue weighted by atomic mass is 10.2. The van der Waals surface area contributed by atoms with Crippen LogP contribution in [0.25, 0.3) is 0 Å². The molecule has 0 atom stereocenters. The van der Waals surface area contributed by atoms with Crippen LogP contribution in [0.2, 0.25) is 0 Å². The van der Waals surface area contributed by atoms with Crippen LogP contribution in [-0.4, -0.2) is 17.4 Å². The summed E-state index contributed by atoms with van der Waals surface area (Å²) in [5.74, 6) is 0.726. The summed E-state index contributed by atoms with van der Waals surface area (Å²) in [4.78, 5) is 18.1. The first-order valence-electron chi connectivity index (χ1n) is 6.03. The summed E-state index contributed by atoms with van der Waals surface area (Å²) in [5, 5.41) is 0. The second-order valence-corrected chi connectivity index (χ2v) is 4.46. The van der Waals surface area contributed by atoms with Crippen LogP contribution in [0.5, 0.6) is 0 Å². The SMILES string of the molecule is Cc1ncoc1CC(=O)N1CCc2ccccc21. The predicted octanol–water partition coefficient (Wildman–Crippen LogP) is 2.11. The minimum absolute atomic E-state index is 0.0693. The number of carbonyl (C=O) groups is 1. The normalized spacial score (nSPS) is 13.7. The van der Waals surface area contributed by atoms with Gasteiger partial charge in [-0.15, -0.1) is 0 Å². The maximum Gasteiger partial charge on any atom is 0.234 e. The van der Waals surface area contributed by atoms with Crippen molar-refractivity contribution in [2.24, 2.45) is 0 Å². The van der Waals surface area contributed by atoms with Crippen molar-refractivity contribution in [1.82, 2.24) is 4.98 Å². The van der Waals surface area contributed by atoms with E-state index in [-0.39, 0.29) is 12.3 Å². The van der Waals surface area contributed by atoms with E-state index in [9.17, 15) is 4.79 Å². The second-order valence-electron chi connectivity index (χ2n) is 4.46. The molecule has 18 heavy (non-hydrogen) atoms. The molecule has 4 nitrogen and oxygen atoms in total. The van der Waals surface area contributed by atoms with Crippen molar-refractivity contribution in [1.29, 1.82) is 0 Å². The van der Waals surface area contributed by atoms with Gasteiger partial charge in [0, 0.05) is 12.2 Å². The topological polar surface area (TPSA) is 46.3 Å². The summed E-state index contributed by atoms with van der Waals surface area (Å²) >= 11 is 0. The highest BCUT2D eigenvalue weighted by Crippen LogP contribution is 2.28. The van der Waals surface area contributed by atoms with E-state index in [0.29, 0.717) is 5.76 Å². The fourth-order valence-corrected chi connectivity index (χ4v) is 2.33. The van der Waals surface area contributed by atoms with Gasteiger partial charge in [0.05, 0.1) is 12.1 Å². The number of aromatic nitrogens is 1. The Bertz CT molecular complexity index is 589. The molecule has 92 valence electrons. The number of carbonyl (C=O) groups excluding carboxylic acids is 1. The lowest BCUT2D eigenvalue weighted by Gasteiger charge is -2.16. The summed E-state index contributed by atoms with van der Waals surface area (Å²) < 4.78 is 5.22. The van der Waals surface area contributed by atoms with E-state index < -0.39 is 0 Å². The summed E-state index contributed by atoms with van der Waals surface area (Å²) in [6.07, 6.45) is 2.59. The van der Waals surface area contributed by atoms with Gasteiger partial charge in [-0.3, -0.25) is 4.79 Å². The van der Waals surface area contributed by atoms with Crippen LogP contribution >= 0.6 is 0 Å². The highest BCUT2D eigenvalue weighted by Gasteiger charge is 2.25. The molecule has 1 aliphatic heterocycles. The standard InChI is InChI=1S/C14H14N2O2/c1-10-13(18-9-15-10)8-14(17)16-7-6-11-4-2-3-5-12(11)16/h2-5,9H,6-8H2,1H3. The van der Waals surface area contributed by atoms with Crippen molar-refractivity contribution in [3.63, 3.8) is 0 Å². The Labute approximate surface area is 105 Å². The summed E-state index contributed by atoms with van der Waals surface area (Å²) in [5.41, 5.74) is 3.05. The number of fused-ring (bicyclic) bond motifs is 1. The first-order chi connectivity index (χ1) is 8.75. The molecule has 1 aromatic heterocycles. The molecular formula is C14H14N2O2. The van der Waals surface area contributed by atoms with E-state index in [0.717, 1.165) is 24.3 Å². The van der Waals surface area contributed by atoms with E-state index >= 15 is 0 Å². The van der Waals surface area contributed by atoms with Crippen LogP contribution in [0.1, 0.15) is 17.0 Å². The van der Waals surface area contributed by atoms with Crippen molar-refractivity contribution in [2.75, 3.05) is 11.4 Å². The molecule has 1 aromatic carbocycles. The van der Waals surface area contributed by atoms with Crippen LogP contribution < -0.4 is 4.90 Å². The largest absolute Gasteiger partial charge is 0.448 e. The molecule has 0 spiro atoms. The summed E-state index contributed by atoms with van der Waals surface area (Å²) in [7, 11) is 0. The molecule has 0 saturated carbocycles. The molecule has 2 heterocycles. The van der Waals surface area contributed by atoms with Crippen molar-refractivity contribution < 1.29 is 9.21 Å². The number of oxazole rings is 1. The van der Waals surface area contributed by atoms with Gasteiger partial charge in [0.25, 0.3) is 0 Å². The van der Waals surface area contributed by atoms with Crippen LogP contribution in [0.15, 0.2) is 35.1 Å². The van der Waals surface area contributed by atoms with E-state index in [2.05, 4.69) is 11.1 Å². The number of benzene rings is 1. The molecular weight excluding hydrogens is 228 g/mol. The minimum Gasteiger partial charge on any atom is -0.448 e. The average molecular weight is 242 g/mol. The monoisotopic (exact) mass is 242 g/mol. The number of hydrogen-bond donors (Lipinski definition) is 0. The summed E-state index contributed by atoms with van der Waals surface area (Å²) in [6.45, 7) is 2.61. The molecule has 0 aliphatic carbocycles. The van der Waals surface area contributed by atoms with E-state index in [4.69, 9.17) is 4.42 Å². The molecule has 0 radical (unpaired) electrons. The molecule has 2 aromatic rings. The Morgan fingerprint density at radius 2 is 2.28 bits per heavy atom. The van der Waals surface area contributed by atoms with Gasteiger partial charge in [-0.2, -0.15) is 0 Å². The van der Waals surface area contributed by atoms with Crippen molar-refractivity contribution in [2.45, 2.75) is 19.8 Å². The van der Waals surface area contributed by atoms with E-state index in [1.165, 1.54) is 12.0 Å². The predicted molar refractivity (Wildman–Crippen MR) is 67.4 cm³/mol. The maximum atomic E-state index is 12.3. The second kappa shape index (κ2) is 4.29. The van der Waals surface area contributed by atoms with Gasteiger partial charge in [0.15, 0.2) is 6.39 Å². The number of amides is 1. The molecule has 0 unspecified atom stereocenters.